The second kappa shape index (κ2) is 21.8. The minimum atomic E-state index is -0.312. The second-order valence-corrected chi connectivity index (χ2v) is 26.6. The summed E-state index contributed by atoms with van der Waals surface area (Å²) in [6.45, 7) is 8.98. The minimum Gasteiger partial charge on any atom is -1.00 e. The van der Waals surface area contributed by atoms with Gasteiger partial charge in [-0.15, -0.1) is 68.6 Å². The average Bonchev–Trinajstić information content (AvgIpc) is 3.95. The molecule has 0 atom stereocenters. The number of benzene rings is 9. The summed E-state index contributed by atoms with van der Waals surface area (Å²) in [7, 11) is 0. The van der Waals surface area contributed by atoms with Crippen molar-refractivity contribution in [2.45, 2.75) is 38.8 Å². The Bertz CT molecular complexity index is 3260. The Balaban J connectivity index is 0.000000202. The van der Waals surface area contributed by atoms with Crippen molar-refractivity contribution in [3.05, 3.63) is 264 Å². The quantitative estimate of drug-likeness (QED) is 0.0848. The van der Waals surface area contributed by atoms with E-state index in [0.717, 1.165) is 6.42 Å². The zero-order chi connectivity index (χ0) is 44.0. The van der Waals surface area contributed by atoms with Crippen LogP contribution in [0.5, 0.6) is 0 Å². The van der Waals surface area contributed by atoms with Gasteiger partial charge in [-0.05, 0) is 55.8 Å². The van der Waals surface area contributed by atoms with Gasteiger partial charge < -0.3 is 24.8 Å². The van der Waals surface area contributed by atoms with Gasteiger partial charge in [0.15, 0.2) is 0 Å². The summed E-state index contributed by atoms with van der Waals surface area (Å²) < 4.78 is 0. The minimum absolute atomic E-state index is 0. The number of hydrogen-bond acceptors (Lipinski definition) is 0. The fraction of sp³-hybridized carbons (Fsp3) is 0.0968. The van der Waals surface area contributed by atoms with E-state index in [1.54, 1.807) is 23.3 Å². The second-order valence-electron chi connectivity index (χ2n) is 17.2. The summed E-state index contributed by atoms with van der Waals surface area (Å²) in [5, 5.41) is 10.5. The molecule has 0 bridgehead atoms. The molecule has 0 N–H and O–H groups in total. The van der Waals surface area contributed by atoms with Crippen molar-refractivity contribution in [2.75, 3.05) is 0 Å². The van der Waals surface area contributed by atoms with Crippen LogP contribution in [0, 0.1) is 13.8 Å². The third-order valence-corrected chi connectivity index (χ3v) is 12.5. The van der Waals surface area contributed by atoms with Gasteiger partial charge in [-0.3, -0.25) is 0 Å². The first kappa shape index (κ1) is 48.3. The molecule has 0 fully saturated rings. The first-order valence-electron chi connectivity index (χ1n) is 22.3. The molecule has 0 aliphatic rings. The van der Waals surface area contributed by atoms with Gasteiger partial charge >= 0.3 is 41.9 Å². The molecule has 0 saturated carbocycles. The van der Waals surface area contributed by atoms with Gasteiger partial charge in [-0.25, -0.2) is 0 Å². The number of halogens is 2. The van der Waals surface area contributed by atoms with Crippen molar-refractivity contribution in [2.24, 2.45) is 0 Å². The van der Waals surface area contributed by atoms with Gasteiger partial charge in [0.05, 0.1) is 0 Å². The van der Waals surface area contributed by atoms with Crippen LogP contribution in [0.4, 0.5) is 0 Å². The first-order valence-corrected chi connectivity index (χ1v) is 28.5. The van der Waals surface area contributed by atoms with Crippen LogP contribution in [0.2, 0.25) is 13.1 Å². The molecule has 0 heterocycles. The molecular formula is C62H52Cl2SiZr-2. The average molecular weight is 987 g/mol. The molecule has 0 amide bonds. The van der Waals surface area contributed by atoms with E-state index >= 15 is 0 Å². The van der Waals surface area contributed by atoms with Gasteiger partial charge in [0, 0.05) is 5.41 Å². The molecule has 11 rings (SSSR count). The van der Waals surface area contributed by atoms with E-state index in [2.05, 4.69) is 257 Å². The predicted molar refractivity (Wildman–Crippen MR) is 275 cm³/mol. The Labute approximate surface area is 418 Å². The third kappa shape index (κ3) is 10.0. The molecular weight excluding hydrogens is 935 g/mol. The Hall–Kier alpha value is -5.60. The van der Waals surface area contributed by atoms with Gasteiger partial charge in [0.25, 0.3) is 0 Å². The van der Waals surface area contributed by atoms with E-state index in [4.69, 9.17) is 0 Å². The van der Waals surface area contributed by atoms with Crippen molar-refractivity contribution < 1.29 is 48.1 Å². The Kier molecular flexibility index (Phi) is 16.0. The fourth-order valence-corrected chi connectivity index (χ4v) is 9.66. The standard InChI is InChI=1S/C39H29.C21H17.C2H6Si.2ClH.Zr/c1-4-17-32(18-5-1)39(33-19-6-2-7-20-33,34-21-8-3-9-22-34)28-29-26-31-16-13-25-37(38(31)27-29)36-24-12-15-30-14-10-11-23-35(30)36;1-14-12-20-15(2)10-11-19(21(20)13-14)18-9-5-7-16-6-3-4-8-17(16)18;1-3-2;;;/h1-27H,28H2;3-13H,1-2H3;1-2H3;2*1H;/q2*-1;;;;+2/p-2. The largest absolute Gasteiger partial charge is 1.00 e. The summed E-state index contributed by atoms with van der Waals surface area (Å²) in [6, 6.07) is 84.1. The normalized spacial score (nSPS) is 10.9. The van der Waals surface area contributed by atoms with E-state index < -0.39 is 0 Å². The topological polar surface area (TPSA) is 0 Å². The Morgan fingerprint density at radius 1 is 0.424 bits per heavy atom. The maximum atomic E-state index is 2.43. The van der Waals surface area contributed by atoms with E-state index in [1.165, 1.54) is 98.7 Å². The molecule has 0 aliphatic carbocycles. The predicted octanol–water partition coefficient (Wildman–Crippen LogP) is 10.7. The van der Waals surface area contributed by atoms with Crippen LogP contribution in [0.1, 0.15) is 33.4 Å². The van der Waals surface area contributed by atoms with Crippen LogP contribution >= 0.6 is 0 Å². The molecule has 0 aliphatic heterocycles. The van der Waals surface area contributed by atoms with Gasteiger partial charge in [-0.2, -0.15) is 12.1 Å². The monoisotopic (exact) mass is 984 g/mol. The van der Waals surface area contributed by atoms with E-state index in [-0.39, 0.29) is 35.7 Å². The molecule has 0 aromatic heterocycles. The summed E-state index contributed by atoms with van der Waals surface area (Å²) in [6.07, 6.45) is 0.870. The van der Waals surface area contributed by atoms with Gasteiger partial charge in [-0.1, -0.05) is 213 Å². The molecule has 0 unspecified atom stereocenters. The molecule has 0 saturated heterocycles. The Morgan fingerprint density at radius 3 is 1.33 bits per heavy atom. The molecule has 4 heteroatoms. The molecule has 0 spiro atoms. The molecule has 0 nitrogen and oxygen atoms in total. The van der Waals surface area contributed by atoms with Crippen LogP contribution in [-0.2, 0) is 35.2 Å². The maximum absolute atomic E-state index is 2.43. The van der Waals surface area contributed by atoms with Crippen molar-refractivity contribution in [3.63, 3.8) is 0 Å². The summed E-state index contributed by atoms with van der Waals surface area (Å²) in [5.41, 5.74) is 13.1. The SMILES string of the molecule is C[Si](C)=[Zr+2].Cc1cc2c(-c3cccc4ccccc34)ccc(C)c2[cH-]1.[Cl-].[Cl-].c1ccc(C(Cc2cc3c(-c4cccc5ccccc45)cccc3[cH-]2)(c2ccccc2)c2ccccc2)cc1. The Morgan fingerprint density at radius 2 is 0.833 bits per heavy atom. The van der Waals surface area contributed by atoms with Crippen molar-refractivity contribution in [1.29, 1.82) is 0 Å². The molecule has 11 aromatic carbocycles. The number of hydrogen-bond donors (Lipinski definition) is 0. The van der Waals surface area contributed by atoms with E-state index in [0.29, 0.717) is 0 Å². The van der Waals surface area contributed by atoms with Crippen molar-refractivity contribution >= 4 is 48.5 Å². The maximum Gasteiger partial charge on any atom is 0.0475 e. The summed E-state index contributed by atoms with van der Waals surface area (Å²) in [5.74, 6) is 0. The van der Waals surface area contributed by atoms with E-state index in [1.807, 2.05) is 0 Å². The van der Waals surface area contributed by atoms with Crippen LogP contribution in [0.25, 0.3) is 65.3 Å². The van der Waals surface area contributed by atoms with Crippen LogP contribution in [0.15, 0.2) is 231 Å². The van der Waals surface area contributed by atoms with Gasteiger partial charge in [0.2, 0.25) is 0 Å². The third-order valence-electron chi connectivity index (χ3n) is 12.5. The van der Waals surface area contributed by atoms with Crippen LogP contribution in [0.3, 0.4) is 0 Å². The number of fused-ring (bicyclic) bond motifs is 4. The van der Waals surface area contributed by atoms with E-state index in [9.17, 15) is 0 Å². The molecule has 0 radical (unpaired) electrons. The fourth-order valence-electron chi connectivity index (χ4n) is 9.66. The number of aryl methyl sites for hydroxylation is 2. The summed E-state index contributed by atoms with van der Waals surface area (Å²) in [4.78, 5) is 0. The summed E-state index contributed by atoms with van der Waals surface area (Å²) >= 11 is 1.74. The zero-order valence-corrected chi connectivity index (χ0v) is 42.9. The molecule has 66 heavy (non-hydrogen) atoms. The van der Waals surface area contributed by atoms with Crippen molar-refractivity contribution in [1.82, 2.24) is 0 Å². The molecule has 11 aromatic rings. The first-order chi connectivity index (χ1) is 31.3. The number of rotatable bonds is 7. The zero-order valence-electron chi connectivity index (χ0n) is 37.9. The van der Waals surface area contributed by atoms with Crippen LogP contribution in [-0.4, -0.2) is 5.43 Å². The molecule has 324 valence electrons. The van der Waals surface area contributed by atoms with Crippen LogP contribution < -0.4 is 24.8 Å². The van der Waals surface area contributed by atoms with Crippen molar-refractivity contribution in [3.8, 4) is 22.3 Å². The van der Waals surface area contributed by atoms with Gasteiger partial charge in [0.1, 0.15) is 0 Å². The smallest absolute Gasteiger partial charge is 0.0475 e.